The molecule has 0 aliphatic carbocycles. The molecule has 0 fully saturated rings. The summed E-state index contributed by atoms with van der Waals surface area (Å²) in [6.07, 6.45) is -4.25. The molecule has 1 aromatic heterocycles. The number of non-ortho nitro benzene ring substituents is 1. The number of carbonyl (C=O) groups excluding carboxylic acids is 1. The van der Waals surface area contributed by atoms with Gasteiger partial charge in [0.2, 0.25) is 0 Å². The van der Waals surface area contributed by atoms with Crippen molar-refractivity contribution >= 4 is 28.9 Å². The van der Waals surface area contributed by atoms with Crippen molar-refractivity contribution in [3.05, 3.63) is 75.5 Å². The molecule has 8 nitrogen and oxygen atoms in total. The average Bonchev–Trinajstić information content (AvgIpc) is 2.89. The summed E-state index contributed by atoms with van der Waals surface area (Å²) in [4.78, 5) is 28.8. The predicted octanol–water partition coefficient (Wildman–Crippen LogP) is 5.92. The molecular formula is C22H12F5N5O3. The summed E-state index contributed by atoms with van der Waals surface area (Å²) >= 11 is 0. The lowest BCUT2D eigenvalue weighted by molar-refractivity contribution is -0.385. The number of nitro benzene ring substituents is 1. The van der Waals surface area contributed by atoms with Crippen LogP contribution >= 0.6 is 0 Å². The highest BCUT2D eigenvalue weighted by atomic mass is 19.4. The Morgan fingerprint density at radius 2 is 1.77 bits per heavy atom. The SMILES string of the molecule is CCN1C(=O)N(c2c(F)cc([N+](=O)[O-])cc2F)c2cc(C#N)ccc2-c2cc(C(F)(F)F)cnc21. The molecule has 0 atom stereocenters. The number of fused-ring (bicyclic) bond motifs is 3. The van der Waals surface area contributed by atoms with E-state index in [9.17, 15) is 33.3 Å². The standard InChI is InChI=1S/C22H12F5N5O3/c1-2-30-20-15(6-12(10-29-20)22(25,26)27)14-4-3-11(9-28)5-18(14)31(21(30)33)19-16(23)7-13(32(34)35)8-17(19)24/h3-8,10H,2H2,1H3. The number of aromatic nitrogens is 1. The number of urea groups is 1. The van der Waals surface area contributed by atoms with E-state index in [0.717, 1.165) is 17.0 Å². The van der Waals surface area contributed by atoms with Crippen LogP contribution in [0.2, 0.25) is 0 Å². The molecule has 1 aliphatic rings. The normalized spacial score (nSPS) is 13.1. The van der Waals surface area contributed by atoms with Gasteiger partial charge >= 0.3 is 12.2 Å². The fourth-order valence-electron chi connectivity index (χ4n) is 3.73. The van der Waals surface area contributed by atoms with Gasteiger partial charge in [0.25, 0.3) is 5.69 Å². The third-order valence-electron chi connectivity index (χ3n) is 5.28. The van der Waals surface area contributed by atoms with E-state index in [1.165, 1.54) is 19.1 Å². The average molecular weight is 489 g/mol. The van der Waals surface area contributed by atoms with Crippen LogP contribution in [0.25, 0.3) is 11.1 Å². The second kappa shape index (κ2) is 8.32. The first kappa shape index (κ1) is 23.6. The summed E-state index contributed by atoms with van der Waals surface area (Å²) in [5.41, 5.74) is -3.65. The zero-order valence-electron chi connectivity index (χ0n) is 17.6. The van der Waals surface area contributed by atoms with Crippen LogP contribution in [0.3, 0.4) is 0 Å². The molecule has 2 amide bonds. The Morgan fingerprint density at radius 1 is 1.11 bits per heavy atom. The molecule has 0 saturated carbocycles. The summed E-state index contributed by atoms with van der Waals surface area (Å²) in [7, 11) is 0. The van der Waals surface area contributed by atoms with Gasteiger partial charge in [-0.15, -0.1) is 0 Å². The Morgan fingerprint density at radius 3 is 2.31 bits per heavy atom. The number of hydrogen-bond donors (Lipinski definition) is 0. The number of anilines is 3. The number of nitro groups is 1. The number of halogens is 5. The smallest absolute Gasteiger partial charge is 0.278 e. The van der Waals surface area contributed by atoms with Crippen LogP contribution in [-0.2, 0) is 6.18 Å². The van der Waals surface area contributed by atoms with Crippen molar-refractivity contribution in [3.63, 3.8) is 0 Å². The van der Waals surface area contributed by atoms with Crippen molar-refractivity contribution in [2.24, 2.45) is 0 Å². The van der Waals surface area contributed by atoms with Gasteiger partial charge in [-0.25, -0.2) is 18.6 Å². The highest BCUT2D eigenvalue weighted by Crippen LogP contribution is 2.46. The van der Waals surface area contributed by atoms with Crippen LogP contribution in [-0.4, -0.2) is 22.5 Å². The number of nitrogens with zero attached hydrogens (tertiary/aromatic N) is 5. The lowest BCUT2D eigenvalue weighted by Crippen LogP contribution is -2.41. The number of pyridine rings is 1. The molecule has 1 aliphatic heterocycles. The van der Waals surface area contributed by atoms with Gasteiger partial charge in [0.15, 0.2) is 11.6 Å². The fraction of sp³-hybridized carbons (Fsp3) is 0.136. The van der Waals surface area contributed by atoms with Crippen LogP contribution in [0.5, 0.6) is 0 Å². The van der Waals surface area contributed by atoms with Crippen LogP contribution < -0.4 is 9.80 Å². The molecule has 0 unspecified atom stereocenters. The summed E-state index contributed by atoms with van der Waals surface area (Å²) < 4.78 is 70.4. The second-order valence-electron chi connectivity index (χ2n) is 7.31. The van der Waals surface area contributed by atoms with Crippen LogP contribution in [0.1, 0.15) is 18.1 Å². The maximum atomic E-state index is 15.0. The Labute approximate surface area is 193 Å². The van der Waals surface area contributed by atoms with E-state index in [1.54, 1.807) is 6.07 Å². The van der Waals surface area contributed by atoms with Crippen molar-refractivity contribution < 1.29 is 31.7 Å². The summed E-state index contributed by atoms with van der Waals surface area (Å²) in [5.74, 6) is -3.14. The first-order valence-electron chi connectivity index (χ1n) is 9.84. The molecule has 0 saturated heterocycles. The molecular weight excluding hydrogens is 477 g/mol. The molecule has 35 heavy (non-hydrogen) atoms. The number of carbonyl (C=O) groups is 1. The minimum Gasteiger partial charge on any atom is -0.278 e. The van der Waals surface area contributed by atoms with E-state index in [1.807, 2.05) is 0 Å². The Bertz CT molecular complexity index is 1410. The van der Waals surface area contributed by atoms with Crippen LogP contribution in [0.4, 0.5) is 49.6 Å². The number of nitriles is 1. The quantitative estimate of drug-likeness (QED) is 0.258. The zero-order chi connectivity index (χ0) is 25.7. The van der Waals surface area contributed by atoms with E-state index in [0.29, 0.717) is 23.2 Å². The molecule has 0 spiro atoms. The molecule has 0 radical (unpaired) electrons. The summed E-state index contributed by atoms with van der Waals surface area (Å²) in [6.45, 7) is 1.31. The molecule has 0 N–H and O–H groups in total. The van der Waals surface area contributed by atoms with Gasteiger partial charge in [-0.2, -0.15) is 18.4 Å². The van der Waals surface area contributed by atoms with Crippen molar-refractivity contribution in [1.82, 2.24) is 4.98 Å². The lowest BCUT2D eigenvalue weighted by Gasteiger charge is -2.28. The highest BCUT2D eigenvalue weighted by Gasteiger charge is 2.39. The molecule has 178 valence electrons. The van der Waals surface area contributed by atoms with Gasteiger partial charge in [0, 0.05) is 23.9 Å². The number of amides is 2. The fourth-order valence-corrected chi connectivity index (χ4v) is 3.73. The molecule has 2 heterocycles. The molecule has 13 heteroatoms. The van der Waals surface area contributed by atoms with Gasteiger partial charge in [0.05, 0.1) is 39.9 Å². The second-order valence-corrected chi connectivity index (χ2v) is 7.31. The van der Waals surface area contributed by atoms with Gasteiger partial charge < -0.3 is 0 Å². The minimum atomic E-state index is -4.78. The number of hydrogen-bond acceptors (Lipinski definition) is 5. The van der Waals surface area contributed by atoms with Crippen molar-refractivity contribution in [2.45, 2.75) is 13.1 Å². The van der Waals surface area contributed by atoms with E-state index in [2.05, 4.69) is 4.98 Å². The Balaban J connectivity index is 2.09. The van der Waals surface area contributed by atoms with Crippen LogP contribution in [0.15, 0.2) is 42.6 Å². The summed E-state index contributed by atoms with van der Waals surface area (Å²) in [5, 5.41) is 20.3. The lowest BCUT2D eigenvalue weighted by atomic mass is 10.00. The maximum absolute atomic E-state index is 15.0. The molecule has 4 rings (SSSR count). The van der Waals surface area contributed by atoms with Gasteiger partial charge in [-0.1, -0.05) is 6.07 Å². The number of rotatable bonds is 3. The number of alkyl halides is 3. The first-order valence-corrected chi connectivity index (χ1v) is 9.84. The van der Waals surface area contributed by atoms with Crippen LogP contribution in [0, 0.1) is 33.1 Å². The van der Waals surface area contributed by atoms with Crippen molar-refractivity contribution in [3.8, 4) is 17.2 Å². The third kappa shape index (κ3) is 3.88. The van der Waals surface area contributed by atoms with E-state index in [-0.39, 0.29) is 34.7 Å². The van der Waals surface area contributed by atoms with Gasteiger partial charge in [-0.05, 0) is 25.1 Å². The topological polar surface area (TPSA) is 103 Å². The molecule has 3 aromatic rings. The Kier molecular flexibility index (Phi) is 5.60. The first-order chi connectivity index (χ1) is 16.5. The minimum absolute atomic E-state index is 0.0595. The maximum Gasteiger partial charge on any atom is 0.417 e. The van der Waals surface area contributed by atoms with E-state index < -0.39 is 45.7 Å². The molecule has 2 aromatic carbocycles. The highest BCUT2D eigenvalue weighted by molar-refractivity contribution is 6.15. The van der Waals surface area contributed by atoms with Crippen molar-refractivity contribution in [2.75, 3.05) is 16.3 Å². The predicted molar refractivity (Wildman–Crippen MR) is 113 cm³/mol. The van der Waals surface area contributed by atoms with E-state index >= 15 is 8.78 Å². The monoisotopic (exact) mass is 489 g/mol. The van der Waals surface area contributed by atoms with Gasteiger partial charge in [0.1, 0.15) is 11.5 Å². The largest absolute Gasteiger partial charge is 0.417 e. The number of benzene rings is 2. The molecule has 0 bridgehead atoms. The van der Waals surface area contributed by atoms with Crippen molar-refractivity contribution in [1.29, 1.82) is 5.26 Å². The summed E-state index contributed by atoms with van der Waals surface area (Å²) in [6, 6.07) is 5.84. The van der Waals surface area contributed by atoms with E-state index in [4.69, 9.17) is 0 Å². The zero-order valence-corrected chi connectivity index (χ0v) is 17.6. The Hall–Kier alpha value is -4.60. The van der Waals surface area contributed by atoms with Gasteiger partial charge in [-0.3, -0.25) is 19.9 Å². The third-order valence-corrected chi connectivity index (χ3v) is 5.28.